The van der Waals surface area contributed by atoms with Gasteiger partial charge in [0.2, 0.25) is 5.91 Å². The Morgan fingerprint density at radius 2 is 2.04 bits per heavy atom. The monoisotopic (exact) mass is 410 g/mol. The van der Waals surface area contributed by atoms with Crippen molar-refractivity contribution in [2.45, 2.75) is 6.92 Å². The zero-order valence-electron chi connectivity index (χ0n) is 13.6. The largest absolute Gasteiger partial charge is 0.369 e. The number of halogens is 2. The van der Waals surface area contributed by atoms with Crippen LogP contribution in [-0.4, -0.2) is 60.0 Å². The van der Waals surface area contributed by atoms with E-state index >= 15 is 0 Å². The highest BCUT2D eigenvalue weighted by molar-refractivity contribution is 9.10. The third kappa shape index (κ3) is 4.18. The Morgan fingerprint density at radius 1 is 1.29 bits per heavy atom. The minimum atomic E-state index is 0.164. The number of hydrogen-bond donors (Lipinski definition) is 1. The van der Waals surface area contributed by atoms with Crippen LogP contribution in [0.15, 0.2) is 28.7 Å². The highest BCUT2D eigenvalue weighted by atomic mass is 79.9. The lowest BCUT2D eigenvalue weighted by Crippen LogP contribution is -2.49. The number of nitrogens with zero attached hydrogens (tertiary/aromatic N) is 3. The van der Waals surface area contributed by atoms with Gasteiger partial charge in [-0.05, 0) is 24.3 Å². The van der Waals surface area contributed by atoms with Gasteiger partial charge in [-0.1, -0.05) is 27.5 Å². The minimum Gasteiger partial charge on any atom is -0.369 e. The van der Waals surface area contributed by atoms with Crippen molar-refractivity contribution in [3.63, 3.8) is 0 Å². The number of rotatable bonds is 4. The van der Waals surface area contributed by atoms with Crippen LogP contribution in [0.5, 0.6) is 0 Å². The number of aromatic nitrogens is 1. The van der Waals surface area contributed by atoms with Gasteiger partial charge in [0.25, 0.3) is 0 Å². The molecule has 2 aromatic rings. The number of nitrogens with one attached hydrogen (secondary N) is 1. The molecule has 2 heterocycles. The highest BCUT2D eigenvalue weighted by Gasteiger charge is 2.17. The minimum absolute atomic E-state index is 0.164. The molecular formula is C17H20BrClN4O. The van der Waals surface area contributed by atoms with E-state index in [-0.39, 0.29) is 5.91 Å². The van der Waals surface area contributed by atoms with Crippen LogP contribution >= 0.6 is 27.5 Å². The van der Waals surface area contributed by atoms with Crippen LogP contribution < -0.4 is 5.32 Å². The normalized spacial score (nSPS) is 15.7. The number of pyridine rings is 1. The van der Waals surface area contributed by atoms with Gasteiger partial charge in [-0.3, -0.25) is 9.69 Å². The number of fused-ring (bicyclic) bond motifs is 1. The summed E-state index contributed by atoms with van der Waals surface area (Å²) < 4.78 is 0.951. The number of amides is 1. The molecule has 1 aromatic heterocycles. The van der Waals surface area contributed by atoms with Gasteiger partial charge in [0.1, 0.15) is 5.82 Å². The molecule has 0 aliphatic carbocycles. The Balaban J connectivity index is 1.54. The molecule has 0 atom stereocenters. The van der Waals surface area contributed by atoms with E-state index in [4.69, 9.17) is 11.6 Å². The van der Waals surface area contributed by atoms with Crippen molar-refractivity contribution < 1.29 is 4.79 Å². The molecule has 1 saturated heterocycles. The van der Waals surface area contributed by atoms with Crippen molar-refractivity contribution in [3.05, 3.63) is 33.8 Å². The molecule has 1 N–H and O–H groups in total. The first kappa shape index (κ1) is 17.5. The highest BCUT2D eigenvalue weighted by Crippen LogP contribution is 2.27. The van der Waals surface area contributed by atoms with Gasteiger partial charge in [0.05, 0.1) is 10.5 Å². The van der Waals surface area contributed by atoms with Gasteiger partial charge in [0.15, 0.2) is 0 Å². The second kappa shape index (κ2) is 7.68. The Hall–Kier alpha value is -1.37. The van der Waals surface area contributed by atoms with Crippen LogP contribution in [0, 0.1) is 0 Å². The van der Waals surface area contributed by atoms with Gasteiger partial charge < -0.3 is 10.2 Å². The van der Waals surface area contributed by atoms with Gasteiger partial charge >= 0.3 is 0 Å². The molecule has 5 nitrogen and oxygen atoms in total. The quantitative estimate of drug-likeness (QED) is 0.839. The number of carbonyl (C=O) groups excluding carboxylic acids is 1. The summed E-state index contributed by atoms with van der Waals surface area (Å²) in [6.45, 7) is 6.85. The number of anilines is 1. The van der Waals surface area contributed by atoms with Crippen molar-refractivity contribution in [1.29, 1.82) is 0 Å². The lowest BCUT2D eigenvalue weighted by molar-refractivity contribution is -0.130. The first-order valence-corrected chi connectivity index (χ1v) is 9.17. The maximum absolute atomic E-state index is 11.3. The summed E-state index contributed by atoms with van der Waals surface area (Å²) >= 11 is 9.71. The van der Waals surface area contributed by atoms with Gasteiger partial charge in [-0.25, -0.2) is 4.98 Å². The van der Waals surface area contributed by atoms with Crippen LogP contribution in [-0.2, 0) is 4.79 Å². The standard InChI is InChI=1S/C17H20BrClN4O/c1-12(24)23-8-6-22(7-9-23)5-4-20-16-3-2-13-10-14(18)11-15(19)17(13)21-16/h2-3,10-11H,4-9H2,1H3,(H,20,21). The molecule has 0 bridgehead atoms. The molecule has 1 aliphatic rings. The van der Waals surface area contributed by atoms with Gasteiger partial charge in [-0.2, -0.15) is 0 Å². The van der Waals surface area contributed by atoms with E-state index in [9.17, 15) is 4.79 Å². The third-order valence-corrected chi connectivity index (χ3v) is 5.01. The second-order valence-electron chi connectivity index (χ2n) is 5.93. The van der Waals surface area contributed by atoms with Crippen LogP contribution in [0.4, 0.5) is 5.82 Å². The van der Waals surface area contributed by atoms with Crippen molar-refractivity contribution >= 4 is 50.2 Å². The van der Waals surface area contributed by atoms with E-state index in [2.05, 4.69) is 31.1 Å². The summed E-state index contributed by atoms with van der Waals surface area (Å²) in [5.74, 6) is 0.991. The van der Waals surface area contributed by atoms with Crippen LogP contribution in [0.25, 0.3) is 10.9 Å². The number of hydrogen-bond acceptors (Lipinski definition) is 4. The second-order valence-corrected chi connectivity index (χ2v) is 7.25. The predicted molar refractivity (Wildman–Crippen MR) is 102 cm³/mol. The summed E-state index contributed by atoms with van der Waals surface area (Å²) in [5, 5.41) is 5.01. The summed E-state index contributed by atoms with van der Waals surface area (Å²) in [4.78, 5) is 20.2. The maximum atomic E-state index is 11.3. The molecule has 24 heavy (non-hydrogen) atoms. The number of piperazine rings is 1. The van der Waals surface area contributed by atoms with Crippen molar-refractivity contribution in [3.8, 4) is 0 Å². The molecule has 0 spiro atoms. The number of carbonyl (C=O) groups is 1. The van der Waals surface area contributed by atoms with E-state index in [1.54, 1.807) is 6.92 Å². The fourth-order valence-electron chi connectivity index (χ4n) is 2.88. The topological polar surface area (TPSA) is 48.5 Å². The summed E-state index contributed by atoms with van der Waals surface area (Å²) in [5.41, 5.74) is 0.805. The van der Waals surface area contributed by atoms with Crippen molar-refractivity contribution in [2.75, 3.05) is 44.6 Å². The fourth-order valence-corrected chi connectivity index (χ4v) is 3.76. The Morgan fingerprint density at radius 3 is 2.75 bits per heavy atom. The summed E-state index contributed by atoms with van der Waals surface area (Å²) in [6.07, 6.45) is 0. The molecule has 0 unspecified atom stereocenters. The summed E-state index contributed by atoms with van der Waals surface area (Å²) in [7, 11) is 0. The first-order valence-electron chi connectivity index (χ1n) is 8.00. The first-order chi connectivity index (χ1) is 11.5. The zero-order chi connectivity index (χ0) is 17.1. The van der Waals surface area contributed by atoms with E-state index < -0.39 is 0 Å². The average Bonchev–Trinajstić information content (AvgIpc) is 2.55. The number of benzene rings is 1. The van der Waals surface area contributed by atoms with E-state index in [0.717, 1.165) is 60.5 Å². The Kier molecular flexibility index (Phi) is 5.58. The molecule has 3 rings (SSSR count). The van der Waals surface area contributed by atoms with Gasteiger partial charge in [-0.15, -0.1) is 0 Å². The average molecular weight is 412 g/mol. The molecule has 0 radical (unpaired) electrons. The van der Waals surface area contributed by atoms with E-state index in [1.807, 2.05) is 29.2 Å². The van der Waals surface area contributed by atoms with Gasteiger partial charge in [0, 0.05) is 56.1 Å². The fraction of sp³-hybridized carbons (Fsp3) is 0.412. The van der Waals surface area contributed by atoms with Crippen LogP contribution in [0.2, 0.25) is 5.02 Å². The zero-order valence-corrected chi connectivity index (χ0v) is 15.9. The molecule has 1 fully saturated rings. The smallest absolute Gasteiger partial charge is 0.219 e. The van der Waals surface area contributed by atoms with Crippen LogP contribution in [0.1, 0.15) is 6.92 Å². The summed E-state index contributed by atoms with van der Waals surface area (Å²) in [6, 6.07) is 7.85. The van der Waals surface area contributed by atoms with E-state index in [0.29, 0.717) is 5.02 Å². The Labute approximate surface area is 155 Å². The lowest BCUT2D eigenvalue weighted by Gasteiger charge is -2.34. The molecule has 128 valence electrons. The SMILES string of the molecule is CC(=O)N1CCN(CCNc2ccc3cc(Br)cc(Cl)c3n2)CC1. The lowest BCUT2D eigenvalue weighted by atomic mass is 10.2. The Bertz CT molecular complexity index is 747. The molecule has 1 aromatic carbocycles. The molecule has 7 heteroatoms. The molecule has 0 saturated carbocycles. The van der Waals surface area contributed by atoms with Crippen molar-refractivity contribution in [1.82, 2.24) is 14.8 Å². The van der Waals surface area contributed by atoms with E-state index in [1.165, 1.54) is 0 Å². The van der Waals surface area contributed by atoms with Crippen molar-refractivity contribution in [2.24, 2.45) is 0 Å². The molecular weight excluding hydrogens is 392 g/mol. The molecule has 1 aliphatic heterocycles. The third-order valence-electron chi connectivity index (χ3n) is 4.26. The predicted octanol–water partition coefficient (Wildman–Crippen LogP) is 3.23. The molecule has 1 amide bonds. The van der Waals surface area contributed by atoms with Crippen LogP contribution in [0.3, 0.4) is 0 Å². The maximum Gasteiger partial charge on any atom is 0.219 e.